The number of hydrogen-bond acceptors (Lipinski definition) is 5. The molecule has 0 N–H and O–H groups in total. The summed E-state index contributed by atoms with van der Waals surface area (Å²) in [6, 6.07) is 7.44. The molecule has 0 aliphatic rings. The molecule has 5 heteroatoms. The molecule has 16 heavy (non-hydrogen) atoms. The maximum Gasteiger partial charge on any atom is 0.142 e. The molecular weight excluding hydrogens is 220 g/mol. The zero-order valence-electron chi connectivity index (χ0n) is 8.79. The van der Waals surface area contributed by atoms with Crippen LogP contribution in [0.1, 0.15) is 11.4 Å². The van der Waals surface area contributed by atoms with Gasteiger partial charge in [-0.3, -0.25) is 0 Å². The molecule has 4 nitrogen and oxygen atoms in total. The topological polar surface area (TPSA) is 52.8 Å². The number of pyridine rings is 1. The number of nitriles is 1. The Morgan fingerprint density at radius 2 is 2.38 bits per heavy atom. The van der Waals surface area contributed by atoms with Gasteiger partial charge < -0.3 is 4.90 Å². The first-order chi connectivity index (χ1) is 7.79. The van der Waals surface area contributed by atoms with Gasteiger partial charge in [-0.1, -0.05) is 6.07 Å². The Morgan fingerprint density at radius 3 is 3.06 bits per heavy atom. The summed E-state index contributed by atoms with van der Waals surface area (Å²) in [5.41, 5.74) is 3.25. The highest BCUT2D eigenvalue weighted by atomic mass is 32.1. The third kappa shape index (κ3) is 2.35. The van der Waals surface area contributed by atoms with Gasteiger partial charge in [-0.05, 0) is 12.1 Å². The van der Waals surface area contributed by atoms with E-state index in [2.05, 4.69) is 9.97 Å². The standard InChI is InChI=1S/C11H10N4S/c1-15(6-10-7-16-8-13-10)11-4-2-3-9(5-12)14-11/h2-4,7-8H,6H2,1H3. The third-order valence-electron chi connectivity index (χ3n) is 2.12. The van der Waals surface area contributed by atoms with Crippen LogP contribution >= 0.6 is 11.3 Å². The lowest BCUT2D eigenvalue weighted by molar-refractivity contribution is 0.872. The highest BCUT2D eigenvalue weighted by molar-refractivity contribution is 7.07. The fourth-order valence-corrected chi connectivity index (χ4v) is 1.89. The van der Waals surface area contributed by atoms with Gasteiger partial charge in [0.05, 0.1) is 17.7 Å². The van der Waals surface area contributed by atoms with Crippen molar-refractivity contribution < 1.29 is 0 Å². The number of nitrogens with zero attached hydrogens (tertiary/aromatic N) is 4. The molecule has 0 fully saturated rings. The van der Waals surface area contributed by atoms with Gasteiger partial charge in [0.1, 0.15) is 17.6 Å². The number of anilines is 1. The van der Waals surface area contributed by atoms with Crippen LogP contribution in [0.2, 0.25) is 0 Å². The lowest BCUT2D eigenvalue weighted by Crippen LogP contribution is -2.18. The summed E-state index contributed by atoms with van der Waals surface area (Å²) in [4.78, 5) is 10.4. The summed E-state index contributed by atoms with van der Waals surface area (Å²) < 4.78 is 0. The van der Waals surface area contributed by atoms with Crippen LogP contribution in [-0.4, -0.2) is 17.0 Å². The normalized spacial score (nSPS) is 9.75. The Bertz CT molecular complexity index is 501. The van der Waals surface area contributed by atoms with E-state index in [4.69, 9.17) is 5.26 Å². The van der Waals surface area contributed by atoms with Crippen LogP contribution in [0.25, 0.3) is 0 Å². The largest absolute Gasteiger partial charge is 0.354 e. The van der Waals surface area contributed by atoms with Crippen LogP contribution in [0.15, 0.2) is 29.1 Å². The summed E-state index contributed by atoms with van der Waals surface area (Å²) in [6.07, 6.45) is 0. The van der Waals surface area contributed by atoms with Crippen molar-refractivity contribution in [3.05, 3.63) is 40.5 Å². The molecule has 0 spiro atoms. The van der Waals surface area contributed by atoms with E-state index in [1.165, 1.54) is 0 Å². The smallest absolute Gasteiger partial charge is 0.142 e. The van der Waals surface area contributed by atoms with Crippen LogP contribution < -0.4 is 4.90 Å². The van der Waals surface area contributed by atoms with Crippen LogP contribution in [0.5, 0.6) is 0 Å². The fraction of sp³-hybridized carbons (Fsp3) is 0.182. The zero-order chi connectivity index (χ0) is 11.4. The van der Waals surface area contributed by atoms with Gasteiger partial charge >= 0.3 is 0 Å². The molecular formula is C11H10N4S. The van der Waals surface area contributed by atoms with Crippen molar-refractivity contribution in [3.8, 4) is 6.07 Å². The van der Waals surface area contributed by atoms with Crippen molar-refractivity contribution in [2.45, 2.75) is 6.54 Å². The van der Waals surface area contributed by atoms with Crippen molar-refractivity contribution in [2.75, 3.05) is 11.9 Å². The van der Waals surface area contributed by atoms with Crippen molar-refractivity contribution in [3.63, 3.8) is 0 Å². The minimum atomic E-state index is 0.433. The Kier molecular flexibility index (Phi) is 3.13. The number of aromatic nitrogens is 2. The lowest BCUT2D eigenvalue weighted by Gasteiger charge is -2.16. The van der Waals surface area contributed by atoms with Gasteiger partial charge in [0.2, 0.25) is 0 Å². The van der Waals surface area contributed by atoms with E-state index in [9.17, 15) is 0 Å². The van der Waals surface area contributed by atoms with E-state index in [0.29, 0.717) is 12.2 Å². The number of hydrogen-bond donors (Lipinski definition) is 0. The van der Waals surface area contributed by atoms with E-state index >= 15 is 0 Å². The van der Waals surface area contributed by atoms with Gasteiger partial charge in [-0.15, -0.1) is 11.3 Å². The summed E-state index contributed by atoms with van der Waals surface area (Å²) in [7, 11) is 1.93. The monoisotopic (exact) mass is 230 g/mol. The van der Waals surface area contributed by atoms with Gasteiger partial charge in [0.25, 0.3) is 0 Å². The molecule has 0 saturated carbocycles. The van der Waals surface area contributed by atoms with E-state index in [1.54, 1.807) is 17.4 Å². The SMILES string of the molecule is CN(Cc1cscn1)c1cccc(C#N)n1. The van der Waals surface area contributed by atoms with Crippen LogP contribution in [0.4, 0.5) is 5.82 Å². The number of rotatable bonds is 3. The highest BCUT2D eigenvalue weighted by Gasteiger charge is 2.05. The quantitative estimate of drug-likeness (QED) is 0.809. The average Bonchev–Trinajstić information content (AvgIpc) is 2.82. The Labute approximate surface area is 97.8 Å². The predicted molar refractivity (Wildman–Crippen MR) is 63.2 cm³/mol. The predicted octanol–water partition coefficient (Wildman–Crippen LogP) is 2.05. The molecule has 80 valence electrons. The molecule has 0 unspecified atom stereocenters. The third-order valence-corrected chi connectivity index (χ3v) is 2.76. The second-order valence-electron chi connectivity index (χ2n) is 3.33. The molecule has 0 atom stereocenters. The van der Waals surface area contributed by atoms with Gasteiger partial charge in [0.15, 0.2) is 0 Å². The minimum Gasteiger partial charge on any atom is -0.354 e. The van der Waals surface area contributed by atoms with Crippen molar-refractivity contribution in [1.29, 1.82) is 5.26 Å². The summed E-state index contributed by atoms with van der Waals surface area (Å²) in [5.74, 6) is 0.784. The molecule has 2 rings (SSSR count). The first-order valence-corrected chi connectivity index (χ1v) is 5.69. The fourth-order valence-electron chi connectivity index (χ4n) is 1.34. The first kappa shape index (κ1) is 10.6. The van der Waals surface area contributed by atoms with Crippen molar-refractivity contribution >= 4 is 17.2 Å². The van der Waals surface area contributed by atoms with E-state index in [0.717, 1.165) is 11.5 Å². The van der Waals surface area contributed by atoms with Crippen LogP contribution in [0.3, 0.4) is 0 Å². The molecule has 0 bridgehead atoms. The molecule has 0 amide bonds. The van der Waals surface area contributed by atoms with Gasteiger partial charge in [-0.25, -0.2) is 9.97 Å². The maximum absolute atomic E-state index is 8.76. The molecule has 0 radical (unpaired) electrons. The lowest BCUT2D eigenvalue weighted by atomic mass is 10.3. The zero-order valence-corrected chi connectivity index (χ0v) is 9.61. The molecule has 2 heterocycles. The summed E-state index contributed by atoms with van der Waals surface area (Å²) >= 11 is 1.57. The molecule has 0 saturated heterocycles. The minimum absolute atomic E-state index is 0.433. The Hall–Kier alpha value is -1.93. The van der Waals surface area contributed by atoms with E-state index < -0.39 is 0 Å². The van der Waals surface area contributed by atoms with Gasteiger partial charge in [0, 0.05) is 12.4 Å². The summed E-state index contributed by atoms with van der Waals surface area (Å²) in [6.45, 7) is 0.700. The molecule has 0 aliphatic carbocycles. The second-order valence-corrected chi connectivity index (χ2v) is 4.05. The van der Waals surface area contributed by atoms with E-state index in [-0.39, 0.29) is 0 Å². The Morgan fingerprint density at radius 1 is 1.50 bits per heavy atom. The van der Waals surface area contributed by atoms with Gasteiger partial charge in [-0.2, -0.15) is 5.26 Å². The molecule has 0 aliphatic heterocycles. The first-order valence-electron chi connectivity index (χ1n) is 4.75. The molecule has 2 aromatic heterocycles. The van der Waals surface area contributed by atoms with Crippen LogP contribution in [0, 0.1) is 11.3 Å². The van der Waals surface area contributed by atoms with Crippen molar-refractivity contribution in [1.82, 2.24) is 9.97 Å². The number of thiazole rings is 1. The van der Waals surface area contributed by atoms with E-state index in [1.807, 2.05) is 41.0 Å². The Balaban J connectivity index is 2.15. The molecule has 0 aromatic carbocycles. The average molecular weight is 230 g/mol. The van der Waals surface area contributed by atoms with Crippen molar-refractivity contribution in [2.24, 2.45) is 0 Å². The summed E-state index contributed by atoms with van der Waals surface area (Å²) in [5, 5.41) is 10.8. The second kappa shape index (κ2) is 4.73. The van der Waals surface area contributed by atoms with Crippen LogP contribution in [-0.2, 0) is 6.54 Å². The molecule has 2 aromatic rings. The maximum atomic E-state index is 8.76. The highest BCUT2D eigenvalue weighted by Crippen LogP contribution is 2.13.